The second kappa shape index (κ2) is 5.50. The molecule has 0 aliphatic heterocycles. The van der Waals surface area contributed by atoms with E-state index in [9.17, 15) is 4.79 Å². The molecule has 0 atom stereocenters. The Morgan fingerprint density at radius 2 is 2.00 bits per heavy atom. The van der Waals surface area contributed by atoms with Crippen molar-refractivity contribution >= 4 is 28.9 Å². The van der Waals surface area contributed by atoms with Crippen molar-refractivity contribution in [2.45, 2.75) is 20.0 Å². The van der Waals surface area contributed by atoms with Gasteiger partial charge >= 0.3 is 5.97 Å². The predicted octanol–water partition coefficient (Wildman–Crippen LogP) is 4.03. The molecule has 0 saturated carbocycles. The number of hydrogen-bond donors (Lipinski definition) is 0. The first-order chi connectivity index (χ1) is 8.58. The first-order valence-corrected chi connectivity index (χ1v) is 6.70. The molecule has 0 radical (unpaired) electrons. The van der Waals surface area contributed by atoms with Crippen LogP contribution in [0.2, 0.25) is 4.47 Å². The van der Waals surface area contributed by atoms with E-state index < -0.39 is 0 Å². The summed E-state index contributed by atoms with van der Waals surface area (Å²) in [4.78, 5) is 16.6. The Hall–Kier alpha value is -1.39. The van der Waals surface area contributed by atoms with Gasteiger partial charge in [0.15, 0.2) is 4.47 Å². The fourth-order valence-corrected chi connectivity index (χ4v) is 2.50. The van der Waals surface area contributed by atoms with Crippen molar-refractivity contribution in [2.24, 2.45) is 0 Å². The highest BCUT2D eigenvalue weighted by atomic mass is 35.5. The van der Waals surface area contributed by atoms with E-state index in [2.05, 4.69) is 4.98 Å². The van der Waals surface area contributed by atoms with Crippen molar-refractivity contribution in [3.05, 3.63) is 39.7 Å². The van der Waals surface area contributed by atoms with E-state index in [4.69, 9.17) is 16.3 Å². The molecular formula is C13H12ClNO2S. The molecule has 3 nitrogen and oxygen atoms in total. The number of halogens is 1. The summed E-state index contributed by atoms with van der Waals surface area (Å²) in [6.07, 6.45) is -0.165. The number of rotatable bonds is 3. The molecule has 0 spiro atoms. The van der Waals surface area contributed by atoms with Crippen molar-refractivity contribution in [1.29, 1.82) is 0 Å². The molecule has 0 fully saturated rings. The smallest absolute Gasteiger partial charge is 0.350 e. The fraction of sp³-hybridized carbons (Fsp3) is 0.231. The molecule has 0 unspecified atom stereocenters. The van der Waals surface area contributed by atoms with Crippen LogP contribution in [-0.2, 0) is 4.74 Å². The number of esters is 1. The summed E-state index contributed by atoms with van der Waals surface area (Å²) in [5.41, 5.74) is 1.44. The van der Waals surface area contributed by atoms with Gasteiger partial charge in [0.2, 0.25) is 0 Å². The molecule has 2 rings (SSSR count). The van der Waals surface area contributed by atoms with Crippen molar-refractivity contribution in [1.82, 2.24) is 4.98 Å². The molecule has 2 aromatic rings. The first kappa shape index (κ1) is 13.1. The van der Waals surface area contributed by atoms with Crippen LogP contribution in [0.25, 0.3) is 11.3 Å². The Morgan fingerprint density at radius 1 is 1.33 bits per heavy atom. The highest BCUT2D eigenvalue weighted by molar-refractivity contribution is 7.17. The lowest BCUT2D eigenvalue weighted by Gasteiger charge is -2.07. The largest absolute Gasteiger partial charge is 0.459 e. The topological polar surface area (TPSA) is 39.2 Å². The van der Waals surface area contributed by atoms with Gasteiger partial charge in [0.05, 0.1) is 11.8 Å². The summed E-state index contributed by atoms with van der Waals surface area (Å²) < 4.78 is 5.52. The van der Waals surface area contributed by atoms with Crippen LogP contribution in [-0.4, -0.2) is 17.1 Å². The maximum atomic E-state index is 12.0. The van der Waals surface area contributed by atoms with Crippen LogP contribution >= 0.6 is 22.9 Å². The first-order valence-electron chi connectivity index (χ1n) is 5.50. The lowest BCUT2D eigenvalue weighted by molar-refractivity contribution is 0.0384. The maximum Gasteiger partial charge on any atom is 0.350 e. The summed E-state index contributed by atoms with van der Waals surface area (Å²) >= 11 is 7.03. The SMILES string of the molecule is CC(C)OC(=O)c1sc(Cl)nc1-c1ccccc1. The quantitative estimate of drug-likeness (QED) is 0.798. The van der Waals surface area contributed by atoms with Gasteiger partial charge in [-0.15, -0.1) is 0 Å². The van der Waals surface area contributed by atoms with E-state index in [0.29, 0.717) is 15.0 Å². The number of benzene rings is 1. The van der Waals surface area contributed by atoms with Crippen LogP contribution in [0.4, 0.5) is 0 Å². The van der Waals surface area contributed by atoms with Gasteiger partial charge < -0.3 is 4.74 Å². The third kappa shape index (κ3) is 2.89. The molecule has 94 valence electrons. The van der Waals surface area contributed by atoms with Gasteiger partial charge in [0.25, 0.3) is 0 Å². The molecule has 0 N–H and O–H groups in total. The molecule has 0 bridgehead atoms. The Labute approximate surface area is 114 Å². The Kier molecular flexibility index (Phi) is 3.99. The average molecular weight is 282 g/mol. The molecule has 1 aromatic heterocycles. The maximum absolute atomic E-state index is 12.0. The average Bonchev–Trinajstić information content (AvgIpc) is 2.72. The number of aromatic nitrogens is 1. The van der Waals surface area contributed by atoms with Gasteiger partial charge in [0.1, 0.15) is 4.88 Å². The van der Waals surface area contributed by atoms with E-state index in [-0.39, 0.29) is 12.1 Å². The van der Waals surface area contributed by atoms with E-state index in [1.807, 2.05) is 44.2 Å². The molecule has 18 heavy (non-hydrogen) atoms. The lowest BCUT2D eigenvalue weighted by atomic mass is 10.1. The molecule has 0 aliphatic carbocycles. The van der Waals surface area contributed by atoms with Gasteiger partial charge in [-0.25, -0.2) is 9.78 Å². The van der Waals surface area contributed by atoms with Gasteiger partial charge in [-0.2, -0.15) is 0 Å². The third-order valence-corrected chi connectivity index (χ3v) is 3.32. The number of hydrogen-bond acceptors (Lipinski definition) is 4. The third-order valence-electron chi connectivity index (χ3n) is 2.18. The fourth-order valence-electron chi connectivity index (χ4n) is 1.49. The number of nitrogens with zero attached hydrogens (tertiary/aromatic N) is 1. The van der Waals surface area contributed by atoms with E-state index in [1.165, 1.54) is 0 Å². The number of carbonyl (C=O) groups excluding carboxylic acids is 1. The second-order valence-corrected chi connectivity index (χ2v) is 5.55. The van der Waals surface area contributed by atoms with E-state index in [0.717, 1.165) is 16.9 Å². The van der Waals surface area contributed by atoms with Crippen LogP contribution in [0.3, 0.4) is 0 Å². The molecule has 1 heterocycles. The normalized spacial score (nSPS) is 10.7. The summed E-state index contributed by atoms with van der Waals surface area (Å²) in [7, 11) is 0. The second-order valence-electron chi connectivity index (χ2n) is 3.96. The van der Waals surface area contributed by atoms with Crippen molar-refractivity contribution in [3.8, 4) is 11.3 Å². The highest BCUT2D eigenvalue weighted by Gasteiger charge is 2.20. The van der Waals surface area contributed by atoms with E-state index in [1.54, 1.807) is 0 Å². The zero-order valence-electron chi connectivity index (χ0n) is 10.0. The van der Waals surface area contributed by atoms with Gasteiger partial charge in [-0.05, 0) is 13.8 Å². The number of thiazole rings is 1. The van der Waals surface area contributed by atoms with Crippen LogP contribution in [0.1, 0.15) is 23.5 Å². The molecule has 1 aromatic carbocycles. The summed E-state index contributed by atoms with van der Waals surface area (Å²) in [5, 5.41) is 0. The Bertz CT molecular complexity index is 551. The number of carbonyl (C=O) groups is 1. The van der Waals surface area contributed by atoms with Crippen molar-refractivity contribution in [3.63, 3.8) is 0 Å². The minimum atomic E-state index is -0.381. The van der Waals surface area contributed by atoms with Crippen LogP contribution < -0.4 is 0 Å². The van der Waals surface area contributed by atoms with Crippen molar-refractivity contribution in [2.75, 3.05) is 0 Å². The van der Waals surface area contributed by atoms with Gasteiger partial charge in [0, 0.05) is 5.56 Å². The lowest BCUT2D eigenvalue weighted by Crippen LogP contribution is -2.11. The monoisotopic (exact) mass is 281 g/mol. The Balaban J connectivity index is 2.40. The number of ether oxygens (including phenoxy) is 1. The van der Waals surface area contributed by atoms with Gasteiger partial charge in [-0.3, -0.25) is 0 Å². The molecule has 0 amide bonds. The van der Waals surface area contributed by atoms with E-state index >= 15 is 0 Å². The van der Waals surface area contributed by atoms with Crippen LogP contribution in [0.15, 0.2) is 30.3 Å². The zero-order valence-corrected chi connectivity index (χ0v) is 11.6. The zero-order chi connectivity index (χ0) is 13.1. The molecule has 0 aliphatic rings. The Morgan fingerprint density at radius 3 is 2.61 bits per heavy atom. The van der Waals surface area contributed by atoms with Gasteiger partial charge in [-0.1, -0.05) is 53.3 Å². The van der Waals surface area contributed by atoms with Crippen LogP contribution in [0, 0.1) is 0 Å². The summed E-state index contributed by atoms with van der Waals surface area (Å²) in [5.74, 6) is -0.381. The molecule has 5 heteroatoms. The molecule has 0 saturated heterocycles. The summed E-state index contributed by atoms with van der Waals surface area (Å²) in [6.45, 7) is 3.62. The van der Waals surface area contributed by atoms with Crippen molar-refractivity contribution < 1.29 is 9.53 Å². The predicted molar refractivity (Wildman–Crippen MR) is 73.1 cm³/mol. The standard InChI is InChI=1S/C13H12ClNO2S/c1-8(2)17-12(16)11-10(15-13(14)18-11)9-6-4-3-5-7-9/h3-8H,1-2H3. The van der Waals surface area contributed by atoms with Crippen LogP contribution in [0.5, 0.6) is 0 Å². The molecular weight excluding hydrogens is 270 g/mol. The minimum Gasteiger partial charge on any atom is -0.459 e. The summed E-state index contributed by atoms with van der Waals surface area (Å²) in [6, 6.07) is 9.46. The minimum absolute atomic E-state index is 0.165. The highest BCUT2D eigenvalue weighted by Crippen LogP contribution is 2.31.